The summed E-state index contributed by atoms with van der Waals surface area (Å²) in [6.45, 7) is 5.93. The third-order valence-corrected chi connectivity index (χ3v) is 6.94. The summed E-state index contributed by atoms with van der Waals surface area (Å²) >= 11 is 0. The number of fused-ring (bicyclic) bond motifs is 1. The fourth-order valence-corrected chi connectivity index (χ4v) is 5.09. The number of carboxylic acid groups (broad SMARTS) is 1. The number of nitrogens with zero attached hydrogens (tertiary/aromatic N) is 5. The monoisotopic (exact) mass is 519 g/mol. The van der Waals surface area contributed by atoms with Crippen LogP contribution in [0.3, 0.4) is 0 Å². The fraction of sp³-hybridized carbons (Fsp3) is 0.750. The number of piperazine rings is 1. The molecule has 4 rings (SSSR count). The van der Waals surface area contributed by atoms with Crippen LogP contribution in [0.15, 0.2) is 0 Å². The van der Waals surface area contributed by atoms with Gasteiger partial charge in [-0.1, -0.05) is 0 Å². The molecule has 3 aliphatic heterocycles. The second kappa shape index (κ2) is 13.7. The van der Waals surface area contributed by atoms with Gasteiger partial charge in [0.2, 0.25) is 0 Å². The quantitative estimate of drug-likeness (QED) is 0.264. The third-order valence-electron chi connectivity index (χ3n) is 6.94. The fourth-order valence-electron chi connectivity index (χ4n) is 5.09. The number of hydrogen-bond acceptors (Lipinski definition) is 11. The zero-order valence-corrected chi connectivity index (χ0v) is 21.1. The first-order chi connectivity index (χ1) is 18.1. The SMILES string of the molecule is N#CC[C@H]1CN(c2nc(OC[C@@H]3C[C@@H](COCCOCCO)CN3)nc3c2CCNC3)CCN1C(=O)O. The number of nitriles is 1. The summed E-state index contributed by atoms with van der Waals surface area (Å²) in [4.78, 5) is 24.5. The molecule has 13 heteroatoms. The van der Waals surface area contributed by atoms with E-state index in [1.54, 1.807) is 0 Å². The minimum Gasteiger partial charge on any atom is -0.465 e. The van der Waals surface area contributed by atoms with Crippen molar-refractivity contribution in [3.05, 3.63) is 11.3 Å². The predicted octanol–water partition coefficient (Wildman–Crippen LogP) is -0.413. The van der Waals surface area contributed by atoms with Crippen LogP contribution >= 0.6 is 0 Å². The summed E-state index contributed by atoms with van der Waals surface area (Å²) in [7, 11) is 0. The van der Waals surface area contributed by atoms with Crippen LogP contribution in [0.5, 0.6) is 6.01 Å². The molecule has 2 saturated heterocycles. The summed E-state index contributed by atoms with van der Waals surface area (Å²) < 4.78 is 17.0. The first kappa shape index (κ1) is 27.3. The van der Waals surface area contributed by atoms with E-state index in [1.165, 1.54) is 4.90 Å². The highest BCUT2D eigenvalue weighted by Crippen LogP contribution is 2.29. The largest absolute Gasteiger partial charge is 0.465 e. The molecule has 0 aliphatic carbocycles. The van der Waals surface area contributed by atoms with Crippen molar-refractivity contribution in [3.8, 4) is 12.1 Å². The number of carbonyl (C=O) groups is 1. The number of rotatable bonds is 12. The van der Waals surface area contributed by atoms with Crippen molar-refractivity contribution >= 4 is 11.9 Å². The zero-order chi connectivity index (χ0) is 26.0. The minimum absolute atomic E-state index is 0.0171. The summed E-state index contributed by atoms with van der Waals surface area (Å²) in [5.41, 5.74) is 1.96. The van der Waals surface area contributed by atoms with E-state index >= 15 is 0 Å². The minimum atomic E-state index is -0.999. The first-order valence-corrected chi connectivity index (χ1v) is 12.9. The zero-order valence-electron chi connectivity index (χ0n) is 21.1. The molecule has 13 nitrogen and oxygen atoms in total. The highest BCUT2D eigenvalue weighted by atomic mass is 16.5. The number of ether oxygens (including phenoxy) is 3. The molecular formula is C24H37N7O6. The van der Waals surface area contributed by atoms with Gasteiger partial charge in [0.05, 0.1) is 57.3 Å². The Labute approximate surface area is 216 Å². The summed E-state index contributed by atoms with van der Waals surface area (Å²) in [5, 5.41) is 34.3. The van der Waals surface area contributed by atoms with Crippen molar-refractivity contribution in [1.29, 1.82) is 5.26 Å². The van der Waals surface area contributed by atoms with Crippen molar-refractivity contribution in [3.63, 3.8) is 0 Å². The number of nitrogens with one attached hydrogen (secondary N) is 2. The second-order valence-corrected chi connectivity index (χ2v) is 9.55. The molecule has 0 spiro atoms. The average molecular weight is 520 g/mol. The normalized spacial score (nSPS) is 23.5. The van der Waals surface area contributed by atoms with E-state index in [0.717, 1.165) is 43.0 Å². The van der Waals surface area contributed by atoms with Gasteiger partial charge in [0.25, 0.3) is 0 Å². The predicted molar refractivity (Wildman–Crippen MR) is 133 cm³/mol. The van der Waals surface area contributed by atoms with Crippen molar-refractivity contribution in [2.24, 2.45) is 5.92 Å². The third kappa shape index (κ3) is 7.39. The Kier molecular flexibility index (Phi) is 10.1. The van der Waals surface area contributed by atoms with Gasteiger partial charge in [-0.25, -0.2) is 4.79 Å². The Morgan fingerprint density at radius 2 is 2.05 bits per heavy atom. The lowest BCUT2D eigenvalue weighted by Gasteiger charge is -2.40. The van der Waals surface area contributed by atoms with Crippen LogP contribution in [0.25, 0.3) is 0 Å². The highest BCUT2D eigenvalue weighted by Gasteiger charge is 2.33. The summed E-state index contributed by atoms with van der Waals surface area (Å²) in [6, 6.07) is 2.19. The van der Waals surface area contributed by atoms with Crippen LogP contribution in [0.4, 0.5) is 10.6 Å². The van der Waals surface area contributed by atoms with Crippen molar-refractivity contribution in [2.75, 3.05) is 77.3 Å². The number of anilines is 1. The van der Waals surface area contributed by atoms with Crippen molar-refractivity contribution < 1.29 is 29.2 Å². The molecule has 2 fully saturated rings. The number of hydrogen-bond donors (Lipinski definition) is 4. The van der Waals surface area contributed by atoms with E-state index in [0.29, 0.717) is 71.1 Å². The van der Waals surface area contributed by atoms with E-state index in [-0.39, 0.29) is 19.1 Å². The van der Waals surface area contributed by atoms with E-state index in [1.807, 2.05) is 0 Å². The Morgan fingerprint density at radius 3 is 2.86 bits per heavy atom. The van der Waals surface area contributed by atoms with Crippen LogP contribution in [-0.4, -0.2) is 116 Å². The van der Waals surface area contributed by atoms with E-state index in [2.05, 4.69) is 26.6 Å². The molecule has 0 saturated carbocycles. The number of aromatic nitrogens is 2. The summed E-state index contributed by atoms with van der Waals surface area (Å²) in [5.74, 6) is 1.17. The maximum absolute atomic E-state index is 11.6. The van der Waals surface area contributed by atoms with Gasteiger partial charge in [-0.3, -0.25) is 0 Å². The van der Waals surface area contributed by atoms with Gasteiger partial charge < -0.3 is 44.9 Å². The maximum atomic E-state index is 11.6. The Hall–Kier alpha value is -2.76. The molecule has 4 heterocycles. The molecule has 1 amide bonds. The van der Waals surface area contributed by atoms with Crippen LogP contribution in [0.2, 0.25) is 0 Å². The van der Waals surface area contributed by atoms with Gasteiger partial charge in [0, 0.05) is 44.3 Å². The van der Waals surface area contributed by atoms with Gasteiger partial charge in [-0.15, -0.1) is 0 Å². The average Bonchev–Trinajstić information content (AvgIpc) is 3.36. The molecule has 3 aliphatic rings. The molecule has 0 bridgehead atoms. The van der Waals surface area contributed by atoms with Crippen molar-refractivity contribution in [1.82, 2.24) is 25.5 Å². The molecule has 37 heavy (non-hydrogen) atoms. The van der Waals surface area contributed by atoms with Crippen LogP contribution in [-0.2, 0) is 22.4 Å². The Balaban J connectivity index is 1.35. The van der Waals surface area contributed by atoms with Crippen molar-refractivity contribution in [2.45, 2.75) is 37.9 Å². The van der Waals surface area contributed by atoms with E-state index in [9.17, 15) is 15.2 Å². The van der Waals surface area contributed by atoms with E-state index < -0.39 is 12.1 Å². The van der Waals surface area contributed by atoms with E-state index in [4.69, 9.17) is 24.3 Å². The topological polar surface area (TPSA) is 165 Å². The van der Waals surface area contributed by atoms with Gasteiger partial charge in [0.15, 0.2) is 0 Å². The van der Waals surface area contributed by atoms with Gasteiger partial charge in [-0.05, 0) is 25.3 Å². The summed E-state index contributed by atoms with van der Waals surface area (Å²) in [6.07, 6.45) is 0.837. The van der Waals surface area contributed by atoms with Crippen LogP contribution in [0, 0.1) is 17.2 Å². The van der Waals surface area contributed by atoms with Gasteiger partial charge in [-0.2, -0.15) is 15.2 Å². The maximum Gasteiger partial charge on any atom is 0.407 e. The van der Waals surface area contributed by atoms with Crippen LogP contribution < -0.4 is 20.3 Å². The molecule has 4 N–H and O–H groups in total. The molecule has 1 aromatic heterocycles. The molecule has 204 valence electrons. The highest BCUT2D eigenvalue weighted by molar-refractivity contribution is 5.66. The molecule has 1 aromatic rings. The van der Waals surface area contributed by atoms with Gasteiger partial charge in [0.1, 0.15) is 12.4 Å². The Morgan fingerprint density at radius 1 is 1.19 bits per heavy atom. The number of amides is 1. The second-order valence-electron chi connectivity index (χ2n) is 9.55. The molecule has 0 aromatic carbocycles. The molecule has 0 unspecified atom stereocenters. The number of aliphatic hydroxyl groups excluding tert-OH is 1. The molecular weight excluding hydrogens is 482 g/mol. The lowest BCUT2D eigenvalue weighted by molar-refractivity contribution is 0.0236. The first-order valence-electron chi connectivity index (χ1n) is 12.9. The Bertz CT molecular complexity index is 945. The van der Waals surface area contributed by atoms with Crippen LogP contribution in [0.1, 0.15) is 24.1 Å². The standard InChI is InChI=1S/C24H37N7O6/c25-3-1-19-14-30(5-6-31(19)24(33)34)22-20-2-4-26-13-21(20)28-23(29-22)37-16-18-11-17(12-27-18)15-36-10-9-35-8-7-32/h17-19,26-27,32H,1-2,4-16H2,(H,33,34)/t17-,18+,19+/m1/s1. The molecule has 3 atom stereocenters. The lowest BCUT2D eigenvalue weighted by atomic mass is 10.0. The smallest absolute Gasteiger partial charge is 0.407 e. The van der Waals surface area contributed by atoms with Gasteiger partial charge >= 0.3 is 12.1 Å². The molecule has 0 radical (unpaired) electrons. The number of aliphatic hydroxyl groups is 1. The lowest BCUT2D eigenvalue weighted by Crippen LogP contribution is -2.55.